The van der Waals surface area contributed by atoms with Crippen LogP contribution in [0.4, 0.5) is 0 Å². The maximum atomic E-state index is 13.4. The summed E-state index contributed by atoms with van der Waals surface area (Å²) in [4.78, 5) is 23.3. The van der Waals surface area contributed by atoms with E-state index >= 15 is 0 Å². The van der Waals surface area contributed by atoms with Crippen LogP contribution in [-0.4, -0.2) is 24.1 Å². The molecule has 0 aliphatic heterocycles. The summed E-state index contributed by atoms with van der Waals surface area (Å²) in [5.74, 6) is 1.01. The lowest BCUT2D eigenvalue weighted by atomic mass is 10.0. The van der Waals surface area contributed by atoms with Gasteiger partial charge in [-0.2, -0.15) is 4.52 Å². The first-order valence-electron chi connectivity index (χ1n) is 9.96. The van der Waals surface area contributed by atoms with Gasteiger partial charge in [-0.1, -0.05) is 44.2 Å². The molecule has 7 heteroatoms. The first-order valence-corrected chi connectivity index (χ1v) is 10.8. The lowest BCUT2D eigenvalue weighted by Crippen LogP contribution is -2.28. The van der Waals surface area contributed by atoms with Gasteiger partial charge in [-0.05, 0) is 41.0 Å². The number of hydrogen-bond acceptors (Lipinski definition) is 5. The number of aromatic nitrogens is 5. The Morgan fingerprint density at radius 3 is 2.67 bits per heavy atom. The van der Waals surface area contributed by atoms with Gasteiger partial charge in [0.1, 0.15) is 4.83 Å². The monoisotopic (exact) mass is 415 g/mol. The Morgan fingerprint density at radius 2 is 1.93 bits per heavy atom. The van der Waals surface area contributed by atoms with Gasteiger partial charge in [0.05, 0.1) is 11.9 Å². The fourth-order valence-corrected chi connectivity index (χ4v) is 4.82. The van der Waals surface area contributed by atoms with Crippen LogP contribution in [0, 0.1) is 5.92 Å². The third kappa shape index (κ3) is 3.21. The Labute approximate surface area is 177 Å². The molecule has 0 saturated heterocycles. The second-order valence-electron chi connectivity index (χ2n) is 7.81. The molecular weight excluding hydrogens is 394 g/mol. The third-order valence-corrected chi connectivity index (χ3v) is 6.12. The van der Waals surface area contributed by atoms with Crippen molar-refractivity contribution in [2.45, 2.75) is 26.8 Å². The lowest BCUT2D eigenvalue weighted by molar-refractivity contribution is 0.650. The first-order chi connectivity index (χ1) is 14.6. The van der Waals surface area contributed by atoms with E-state index in [4.69, 9.17) is 4.98 Å². The maximum absolute atomic E-state index is 13.4. The first kappa shape index (κ1) is 18.7. The molecule has 0 saturated carbocycles. The highest BCUT2D eigenvalue weighted by atomic mass is 32.1. The minimum atomic E-state index is -0.179. The summed E-state index contributed by atoms with van der Waals surface area (Å²) in [6.45, 7) is 4.90. The quantitative estimate of drug-likeness (QED) is 0.426. The van der Waals surface area contributed by atoms with Gasteiger partial charge in [-0.15, -0.1) is 16.4 Å². The average molecular weight is 416 g/mol. The van der Waals surface area contributed by atoms with Crippen molar-refractivity contribution < 1.29 is 0 Å². The Balaban J connectivity index is 1.80. The van der Waals surface area contributed by atoms with Crippen molar-refractivity contribution in [1.29, 1.82) is 0 Å². The third-order valence-electron chi connectivity index (χ3n) is 5.07. The van der Waals surface area contributed by atoms with Gasteiger partial charge in [-0.3, -0.25) is 9.55 Å². The fraction of sp³-hybridized carbons (Fsp3) is 0.217. The number of thiophene rings is 1. The van der Waals surface area contributed by atoms with Crippen LogP contribution in [0.3, 0.4) is 0 Å². The summed E-state index contributed by atoms with van der Waals surface area (Å²) in [6.07, 6.45) is 4.36. The van der Waals surface area contributed by atoms with Crippen LogP contribution in [0.15, 0.2) is 65.0 Å². The Kier molecular flexibility index (Phi) is 4.67. The van der Waals surface area contributed by atoms with E-state index in [-0.39, 0.29) is 5.69 Å². The molecule has 1 aromatic carbocycles. The predicted molar refractivity (Wildman–Crippen MR) is 120 cm³/mol. The van der Waals surface area contributed by atoms with Crippen molar-refractivity contribution in [3.05, 3.63) is 81.8 Å². The molecule has 0 amide bonds. The van der Waals surface area contributed by atoms with Crippen molar-refractivity contribution >= 4 is 27.2 Å². The largest absolute Gasteiger partial charge is 0.352 e. The van der Waals surface area contributed by atoms with Crippen LogP contribution in [0.5, 0.6) is 0 Å². The van der Waals surface area contributed by atoms with Crippen molar-refractivity contribution in [2.75, 3.05) is 0 Å². The summed E-state index contributed by atoms with van der Waals surface area (Å²) in [6, 6.07) is 13.8. The summed E-state index contributed by atoms with van der Waals surface area (Å²) >= 11 is 1.61. The number of pyridine rings is 1. The highest BCUT2D eigenvalue weighted by Gasteiger charge is 2.20. The Hall–Kier alpha value is -3.32. The molecule has 5 aromatic rings. The summed E-state index contributed by atoms with van der Waals surface area (Å²) in [5, 5.41) is 7.75. The van der Waals surface area contributed by atoms with Crippen LogP contribution < -0.4 is 5.69 Å². The Morgan fingerprint density at radius 1 is 1.10 bits per heavy atom. The van der Waals surface area contributed by atoms with Crippen molar-refractivity contribution in [1.82, 2.24) is 24.1 Å². The standard InChI is InChI=1S/C23H21N5OS/c1-15(2)11-18-14-30-22-19(18)21-25-20(17-9-6-10-24-12-17)26-28(21)23(29)27(22)13-16-7-4-3-5-8-16/h3-10,12,14-15H,11,13H2,1-2H3. The van der Waals surface area contributed by atoms with Gasteiger partial charge in [-0.25, -0.2) is 9.78 Å². The number of hydrogen-bond donors (Lipinski definition) is 0. The van der Waals surface area contributed by atoms with Crippen LogP contribution in [0.2, 0.25) is 0 Å². The van der Waals surface area contributed by atoms with Gasteiger partial charge >= 0.3 is 5.69 Å². The van der Waals surface area contributed by atoms with E-state index < -0.39 is 0 Å². The van der Waals surface area contributed by atoms with Crippen molar-refractivity contribution in [2.24, 2.45) is 5.92 Å². The van der Waals surface area contributed by atoms with E-state index in [1.807, 2.05) is 47.0 Å². The van der Waals surface area contributed by atoms with E-state index in [9.17, 15) is 4.79 Å². The molecule has 0 unspecified atom stereocenters. The van der Waals surface area contributed by atoms with Crippen molar-refractivity contribution in [3.8, 4) is 11.4 Å². The maximum Gasteiger partial charge on any atom is 0.352 e. The molecule has 0 aliphatic rings. The number of fused-ring (bicyclic) bond motifs is 3. The van der Waals surface area contributed by atoms with E-state index in [2.05, 4.69) is 29.3 Å². The fourth-order valence-electron chi connectivity index (χ4n) is 3.74. The number of benzene rings is 1. The topological polar surface area (TPSA) is 65.1 Å². The second kappa shape index (κ2) is 7.50. The molecule has 0 atom stereocenters. The predicted octanol–water partition coefficient (Wildman–Crippen LogP) is 4.41. The van der Waals surface area contributed by atoms with E-state index in [1.165, 1.54) is 10.1 Å². The molecule has 0 aliphatic carbocycles. The van der Waals surface area contributed by atoms with Gasteiger partial charge < -0.3 is 0 Å². The highest BCUT2D eigenvalue weighted by molar-refractivity contribution is 7.17. The minimum Gasteiger partial charge on any atom is -0.278 e. The van der Waals surface area contributed by atoms with E-state index in [1.54, 1.807) is 23.7 Å². The molecule has 4 aromatic heterocycles. The molecule has 0 spiro atoms. The second-order valence-corrected chi connectivity index (χ2v) is 8.66. The molecule has 30 heavy (non-hydrogen) atoms. The average Bonchev–Trinajstić information content (AvgIpc) is 3.37. The molecular formula is C23H21N5OS. The van der Waals surface area contributed by atoms with Crippen molar-refractivity contribution in [3.63, 3.8) is 0 Å². The van der Waals surface area contributed by atoms with Crippen LogP contribution in [0.25, 0.3) is 27.3 Å². The molecule has 0 fully saturated rings. The summed E-state index contributed by atoms with van der Waals surface area (Å²) in [7, 11) is 0. The van der Waals surface area contributed by atoms with Crippen LogP contribution >= 0.6 is 11.3 Å². The SMILES string of the molecule is CC(C)Cc1csc2c1c1nc(-c3cccnc3)nn1c(=O)n2Cc1ccccc1. The summed E-state index contributed by atoms with van der Waals surface area (Å²) < 4.78 is 3.26. The molecule has 5 rings (SSSR count). The minimum absolute atomic E-state index is 0.179. The van der Waals surface area contributed by atoms with E-state index in [0.717, 1.165) is 27.8 Å². The molecule has 0 bridgehead atoms. The Bertz CT molecular complexity index is 1380. The number of nitrogens with zero attached hydrogens (tertiary/aromatic N) is 5. The molecule has 150 valence electrons. The number of rotatable bonds is 5. The summed E-state index contributed by atoms with van der Waals surface area (Å²) in [5.41, 5.74) is 3.52. The van der Waals surface area contributed by atoms with Crippen LogP contribution in [0.1, 0.15) is 25.0 Å². The van der Waals surface area contributed by atoms with Crippen LogP contribution in [-0.2, 0) is 13.0 Å². The van der Waals surface area contributed by atoms with E-state index in [0.29, 0.717) is 23.9 Å². The molecule has 6 nitrogen and oxygen atoms in total. The molecule has 4 heterocycles. The lowest BCUT2D eigenvalue weighted by Gasteiger charge is -2.10. The normalized spacial score (nSPS) is 11.7. The molecule has 0 radical (unpaired) electrons. The van der Waals surface area contributed by atoms with Gasteiger partial charge in [0.15, 0.2) is 11.5 Å². The van der Waals surface area contributed by atoms with Gasteiger partial charge in [0.25, 0.3) is 0 Å². The zero-order valence-corrected chi connectivity index (χ0v) is 17.6. The molecule has 0 N–H and O–H groups in total. The highest BCUT2D eigenvalue weighted by Crippen LogP contribution is 2.31. The van der Waals surface area contributed by atoms with Gasteiger partial charge in [0, 0.05) is 18.0 Å². The van der Waals surface area contributed by atoms with Gasteiger partial charge in [0.2, 0.25) is 0 Å². The zero-order chi connectivity index (χ0) is 20.7. The zero-order valence-electron chi connectivity index (χ0n) is 16.8. The smallest absolute Gasteiger partial charge is 0.278 e.